The van der Waals surface area contributed by atoms with Gasteiger partial charge in [-0.15, -0.1) is 0 Å². The van der Waals surface area contributed by atoms with E-state index in [1.165, 1.54) is 0 Å². The predicted octanol–water partition coefficient (Wildman–Crippen LogP) is 2.07. The Hall–Kier alpha value is -1.19. The molecule has 1 aliphatic rings. The molecule has 1 fully saturated rings. The summed E-state index contributed by atoms with van der Waals surface area (Å²) in [4.78, 5) is 14.8. The van der Waals surface area contributed by atoms with E-state index in [9.17, 15) is 4.79 Å². The highest BCUT2D eigenvalue weighted by Crippen LogP contribution is 2.17. The van der Waals surface area contributed by atoms with Crippen molar-refractivity contribution in [3.8, 4) is 0 Å². The second-order valence-corrected chi connectivity index (χ2v) is 5.03. The van der Waals surface area contributed by atoms with Crippen molar-refractivity contribution in [1.29, 1.82) is 0 Å². The zero-order chi connectivity index (χ0) is 13.0. The normalized spacial score (nSPS) is 19.7. The molecule has 1 saturated heterocycles. The Morgan fingerprint density at radius 1 is 1.33 bits per heavy atom. The molecule has 2 N–H and O–H groups in total. The van der Waals surface area contributed by atoms with Crippen LogP contribution in [0.3, 0.4) is 0 Å². The molecule has 0 bridgehead atoms. The van der Waals surface area contributed by atoms with Gasteiger partial charge in [0.05, 0.1) is 6.04 Å². The van der Waals surface area contributed by atoms with Crippen LogP contribution >= 0.6 is 0 Å². The number of nitrogens with zero attached hydrogens (tertiary/aromatic N) is 1. The summed E-state index contributed by atoms with van der Waals surface area (Å²) in [7, 11) is 0. The molecule has 3 heteroatoms. The van der Waals surface area contributed by atoms with Crippen LogP contribution in [0.4, 0.5) is 0 Å². The summed E-state index contributed by atoms with van der Waals surface area (Å²) in [6.07, 6.45) is 2.86. The molecular formula is C15H22N2O. The van der Waals surface area contributed by atoms with Crippen LogP contribution in [-0.4, -0.2) is 35.9 Å². The maximum atomic E-state index is 12.5. The second kappa shape index (κ2) is 6.12. The summed E-state index contributed by atoms with van der Waals surface area (Å²) in [5, 5.41) is 0. The molecule has 0 saturated carbocycles. The van der Waals surface area contributed by atoms with Gasteiger partial charge in [-0.2, -0.15) is 0 Å². The molecule has 98 valence electrons. The van der Waals surface area contributed by atoms with E-state index in [2.05, 4.69) is 11.8 Å². The van der Waals surface area contributed by atoms with Gasteiger partial charge in [0.2, 0.25) is 0 Å². The number of carbonyl (C=O) groups is 1. The van der Waals surface area contributed by atoms with E-state index in [-0.39, 0.29) is 11.8 Å². The minimum Gasteiger partial charge on any atom is -0.328 e. The van der Waals surface area contributed by atoms with Crippen molar-refractivity contribution in [2.24, 2.45) is 5.73 Å². The number of rotatable bonds is 4. The van der Waals surface area contributed by atoms with Gasteiger partial charge in [0.15, 0.2) is 5.78 Å². The Morgan fingerprint density at radius 3 is 2.50 bits per heavy atom. The number of likely N-dealkylation sites (tertiary alicyclic amines) is 1. The number of hydrogen-bond acceptors (Lipinski definition) is 3. The van der Waals surface area contributed by atoms with Gasteiger partial charge in [-0.05, 0) is 19.3 Å². The highest BCUT2D eigenvalue weighted by atomic mass is 16.1. The molecular weight excluding hydrogens is 224 g/mol. The third-order valence-corrected chi connectivity index (χ3v) is 3.76. The van der Waals surface area contributed by atoms with Crippen LogP contribution in [-0.2, 0) is 0 Å². The molecule has 1 aromatic carbocycles. The van der Waals surface area contributed by atoms with E-state index in [4.69, 9.17) is 5.73 Å². The molecule has 0 radical (unpaired) electrons. The Labute approximate surface area is 109 Å². The van der Waals surface area contributed by atoms with Gasteiger partial charge in [0, 0.05) is 24.7 Å². The molecule has 3 nitrogen and oxygen atoms in total. The fourth-order valence-electron chi connectivity index (χ4n) is 2.64. The summed E-state index contributed by atoms with van der Waals surface area (Å²) < 4.78 is 0. The van der Waals surface area contributed by atoms with Gasteiger partial charge in [-0.25, -0.2) is 0 Å². The van der Waals surface area contributed by atoms with Crippen molar-refractivity contribution in [1.82, 2.24) is 4.90 Å². The monoisotopic (exact) mass is 246 g/mol. The standard InChI is InChI=1S/C15H22N2O/c1-2-14(17-10-8-13(16)9-11-17)15(18)12-6-4-3-5-7-12/h3-7,13-14H,2,8-11,16H2,1H3. The van der Waals surface area contributed by atoms with Gasteiger partial charge in [-0.3, -0.25) is 9.69 Å². The van der Waals surface area contributed by atoms with Crippen LogP contribution in [0, 0.1) is 0 Å². The molecule has 1 aliphatic heterocycles. The van der Waals surface area contributed by atoms with Gasteiger partial charge in [-0.1, -0.05) is 37.3 Å². The first kappa shape index (κ1) is 13.2. The van der Waals surface area contributed by atoms with Crippen LogP contribution in [0.1, 0.15) is 36.5 Å². The van der Waals surface area contributed by atoms with Crippen LogP contribution in [0.25, 0.3) is 0 Å². The Bertz CT molecular complexity index is 383. The molecule has 0 amide bonds. The number of hydrogen-bond donors (Lipinski definition) is 1. The minimum absolute atomic E-state index is 0.0138. The largest absolute Gasteiger partial charge is 0.328 e. The molecule has 0 spiro atoms. The van der Waals surface area contributed by atoms with E-state index in [0.29, 0.717) is 6.04 Å². The Kier molecular flexibility index (Phi) is 4.50. The smallest absolute Gasteiger partial charge is 0.179 e. The zero-order valence-electron chi connectivity index (χ0n) is 11.0. The van der Waals surface area contributed by atoms with Crippen LogP contribution in [0.5, 0.6) is 0 Å². The number of ketones is 1. The number of carbonyl (C=O) groups excluding carboxylic acids is 1. The zero-order valence-corrected chi connectivity index (χ0v) is 11.0. The van der Waals surface area contributed by atoms with Crippen molar-refractivity contribution in [2.45, 2.75) is 38.3 Å². The molecule has 0 aliphatic carbocycles. The van der Waals surface area contributed by atoms with Crippen LogP contribution < -0.4 is 5.73 Å². The maximum absolute atomic E-state index is 12.5. The molecule has 18 heavy (non-hydrogen) atoms. The van der Waals surface area contributed by atoms with Crippen LogP contribution in [0.2, 0.25) is 0 Å². The van der Waals surface area contributed by atoms with E-state index in [1.807, 2.05) is 30.3 Å². The van der Waals surface area contributed by atoms with E-state index < -0.39 is 0 Å². The molecule has 1 atom stereocenters. The lowest BCUT2D eigenvalue weighted by Gasteiger charge is -2.35. The molecule has 1 unspecified atom stereocenters. The molecule has 1 heterocycles. The van der Waals surface area contributed by atoms with Crippen molar-refractivity contribution < 1.29 is 4.79 Å². The predicted molar refractivity (Wildman–Crippen MR) is 73.6 cm³/mol. The first-order valence-electron chi connectivity index (χ1n) is 6.81. The summed E-state index contributed by atoms with van der Waals surface area (Å²) in [5.74, 6) is 0.244. The number of nitrogens with two attached hydrogens (primary N) is 1. The third kappa shape index (κ3) is 2.98. The van der Waals surface area contributed by atoms with E-state index in [1.54, 1.807) is 0 Å². The van der Waals surface area contributed by atoms with E-state index in [0.717, 1.165) is 37.9 Å². The summed E-state index contributed by atoms with van der Waals surface area (Å²) in [5.41, 5.74) is 6.73. The van der Waals surface area contributed by atoms with Gasteiger partial charge < -0.3 is 5.73 Å². The number of piperidine rings is 1. The van der Waals surface area contributed by atoms with Crippen LogP contribution in [0.15, 0.2) is 30.3 Å². The van der Waals surface area contributed by atoms with Crippen molar-refractivity contribution in [2.75, 3.05) is 13.1 Å². The Balaban J connectivity index is 2.07. The third-order valence-electron chi connectivity index (χ3n) is 3.76. The summed E-state index contributed by atoms with van der Waals surface area (Å²) in [6, 6.07) is 9.92. The Morgan fingerprint density at radius 2 is 1.94 bits per heavy atom. The lowest BCUT2D eigenvalue weighted by atomic mass is 9.97. The fourth-order valence-corrected chi connectivity index (χ4v) is 2.64. The van der Waals surface area contributed by atoms with Gasteiger partial charge in [0.1, 0.15) is 0 Å². The lowest BCUT2D eigenvalue weighted by molar-refractivity contribution is 0.0764. The van der Waals surface area contributed by atoms with Gasteiger partial charge >= 0.3 is 0 Å². The molecule has 1 aromatic rings. The van der Waals surface area contributed by atoms with Crippen molar-refractivity contribution >= 4 is 5.78 Å². The summed E-state index contributed by atoms with van der Waals surface area (Å²) >= 11 is 0. The number of benzene rings is 1. The number of Topliss-reactive ketones (excluding diaryl/α,β-unsaturated/α-hetero) is 1. The molecule has 2 rings (SSSR count). The highest BCUT2D eigenvalue weighted by molar-refractivity contribution is 6.00. The lowest BCUT2D eigenvalue weighted by Crippen LogP contribution is -2.48. The van der Waals surface area contributed by atoms with E-state index >= 15 is 0 Å². The second-order valence-electron chi connectivity index (χ2n) is 5.03. The van der Waals surface area contributed by atoms with Gasteiger partial charge in [0.25, 0.3) is 0 Å². The first-order valence-corrected chi connectivity index (χ1v) is 6.81. The average molecular weight is 246 g/mol. The topological polar surface area (TPSA) is 46.3 Å². The van der Waals surface area contributed by atoms with Crippen molar-refractivity contribution in [3.63, 3.8) is 0 Å². The fraction of sp³-hybridized carbons (Fsp3) is 0.533. The quantitative estimate of drug-likeness (QED) is 0.827. The SMILES string of the molecule is CCC(C(=O)c1ccccc1)N1CCC(N)CC1. The average Bonchev–Trinajstić information content (AvgIpc) is 2.42. The summed E-state index contributed by atoms with van der Waals surface area (Å²) in [6.45, 7) is 3.97. The molecule has 0 aromatic heterocycles. The minimum atomic E-state index is 0.0138. The maximum Gasteiger partial charge on any atom is 0.179 e. The first-order chi connectivity index (χ1) is 8.72. The highest BCUT2D eigenvalue weighted by Gasteiger charge is 2.27. The van der Waals surface area contributed by atoms with Crippen molar-refractivity contribution in [3.05, 3.63) is 35.9 Å².